The molecular weight excluding hydrogens is 412 g/mol. The van der Waals surface area contributed by atoms with Gasteiger partial charge in [-0.05, 0) is 55.0 Å². The van der Waals surface area contributed by atoms with Crippen LogP contribution in [0.1, 0.15) is 25.7 Å². The van der Waals surface area contributed by atoms with Crippen LogP contribution in [-0.4, -0.2) is 23.1 Å². The third-order valence-electron chi connectivity index (χ3n) is 4.88. The van der Waals surface area contributed by atoms with E-state index in [0.29, 0.717) is 13.2 Å². The summed E-state index contributed by atoms with van der Waals surface area (Å²) < 4.78 is 11.2. The van der Waals surface area contributed by atoms with Gasteiger partial charge < -0.3 is 9.47 Å². The SMILES string of the molecule is O=[N+]([O-])c1ccc(OCCCCCCOc2ccc(-c3ccccc3)cc2)c([N+](=O)[O-])c1. The summed E-state index contributed by atoms with van der Waals surface area (Å²) in [5, 5.41) is 21.9. The third-order valence-corrected chi connectivity index (χ3v) is 4.88. The Kier molecular flexibility index (Phi) is 8.14. The van der Waals surface area contributed by atoms with E-state index < -0.39 is 15.5 Å². The summed E-state index contributed by atoms with van der Waals surface area (Å²) in [6, 6.07) is 21.6. The van der Waals surface area contributed by atoms with Crippen molar-refractivity contribution in [3.05, 3.63) is 93.0 Å². The van der Waals surface area contributed by atoms with Gasteiger partial charge in [-0.1, -0.05) is 42.5 Å². The lowest BCUT2D eigenvalue weighted by molar-refractivity contribution is -0.394. The van der Waals surface area contributed by atoms with E-state index in [4.69, 9.17) is 9.47 Å². The molecule has 0 bridgehead atoms. The van der Waals surface area contributed by atoms with Crippen LogP contribution < -0.4 is 9.47 Å². The first kappa shape index (κ1) is 22.7. The molecule has 0 fully saturated rings. The van der Waals surface area contributed by atoms with Gasteiger partial charge in [0.15, 0.2) is 5.75 Å². The highest BCUT2D eigenvalue weighted by atomic mass is 16.6. The highest BCUT2D eigenvalue weighted by molar-refractivity contribution is 5.63. The Morgan fingerprint density at radius 1 is 0.656 bits per heavy atom. The highest BCUT2D eigenvalue weighted by Gasteiger charge is 2.20. The molecule has 3 rings (SSSR count). The van der Waals surface area contributed by atoms with Crippen LogP contribution in [0, 0.1) is 20.2 Å². The van der Waals surface area contributed by atoms with Crippen LogP contribution in [0.5, 0.6) is 11.5 Å². The normalized spacial score (nSPS) is 10.5. The summed E-state index contributed by atoms with van der Waals surface area (Å²) in [6.07, 6.45) is 3.43. The minimum atomic E-state index is -0.675. The monoisotopic (exact) mass is 436 g/mol. The number of nitro benzene ring substituents is 2. The second kappa shape index (κ2) is 11.5. The maximum Gasteiger partial charge on any atom is 0.317 e. The Morgan fingerprint density at radius 2 is 1.28 bits per heavy atom. The average Bonchev–Trinajstić information content (AvgIpc) is 2.81. The van der Waals surface area contributed by atoms with E-state index >= 15 is 0 Å². The van der Waals surface area contributed by atoms with Gasteiger partial charge in [0.1, 0.15) is 5.75 Å². The molecule has 0 heterocycles. The van der Waals surface area contributed by atoms with Crippen LogP contribution in [0.25, 0.3) is 11.1 Å². The zero-order valence-corrected chi connectivity index (χ0v) is 17.5. The van der Waals surface area contributed by atoms with Gasteiger partial charge in [0.2, 0.25) is 0 Å². The fourth-order valence-corrected chi connectivity index (χ4v) is 3.19. The number of benzene rings is 3. The summed E-state index contributed by atoms with van der Waals surface area (Å²) in [5.41, 5.74) is 1.58. The Bertz CT molecular complexity index is 1040. The zero-order chi connectivity index (χ0) is 22.8. The Balaban J connectivity index is 1.33. The molecule has 3 aromatic carbocycles. The molecule has 0 spiro atoms. The molecular formula is C24H24N2O6. The molecule has 0 aliphatic carbocycles. The molecule has 8 nitrogen and oxygen atoms in total. The van der Waals surface area contributed by atoms with Crippen molar-refractivity contribution in [3.63, 3.8) is 0 Å². The lowest BCUT2D eigenvalue weighted by atomic mass is 10.1. The van der Waals surface area contributed by atoms with Crippen molar-refractivity contribution < 1.29 is 19.3 Å². The standard InChI is InChI=1S/C24H24N2O6/c27-25(28)21-12-15-24(23(18-21)26(29)30)32-17-7-2-1-6-16-31-22-13-10-20(11-14-22)19-8-4-3-5-9-19/h3-5,8-15,18H,1-2,6-7,16-17H2. The van der Waals surface area contributed by atoms with Crippen LogP contribution >= 0.6 is 0 Å². The quantitative estimate of drug-likeness (QED) is 0.190. The summed E-state index contributed by atoms with van der Waals surface area (Å²) in [6.45, 7) is 0.916. The molecule has 3 aromatic rings. The van der Waals surface area contributed by atoms with Crippen LogP contribution in [-0.2, 0) is 0 Å². The molecule has 166 valence electrons. The van der Waals surface area contributed by atoms with Gasteiger partial charge >= 0.3 is 5.69 Å². The number of hydrogen-bond acceptors (Lipinski definition) is 6. The van der Waals surface area contributed by atoms with Crippen molar-refractivity contribution in [1.82, 2.24) is 0 Å². The Hall–Kier alpha value is -3.94. The second-order valence-corrected chi connectivity index (χ2v) is 7.17. The number of non-ortho nitro benzene ring substituents is 1. The van der Waals surface area contributed by atoms with Crippen molar-refractivity contribution >= 4 is 11.4 Å². The van der Waals surface area contributed by atoms with Gasteiger partial charge in [-0.3, -0.25) is 20.2 Å². The maximum atomic E-state index is 11.1. The van der Waals surface area contributed by atoms with Crippen molar-refractivity contribution in [2.45, 2.75) is 25.7 Å². The van der Waals surface area contributed by atoms with Gasteiger partial charge in [0.05, 0.1) is 29.1 Å². The lowest BCUT2D eigenvalue weighted by Gasteiger charge is -2.08. The Morgan fingerprint density at radius 3 is 1.91 bits per heavy atom. The number of nitro groups is 2. The van der Waals surface area contributed by atoms with E-state index in [-0.39, 0.29) is 11.4 Å². The summed E-state index contributed by atoms with van der Waals surface area (Å²) >= 11 is 0. The average molecular weight is 436 g/mol. The highest BCUT2D eigenvalue weighted by Crippen LogP contribution is 2.31. The zero-order valence-electron chi connectivity index (χ0n) is 17.5. The second-order valence-electron chi connectivity index (χ2n) is 7.17. The van der Waals surface area contributed by atoms with E-state index in [9.17, 15) is 20.2 Å². The van der Waals surface area contributed by atoms with E-state index in [0.717, 1.165) is 43.1 Å². The predicted octanol–water partition coefficient (Wildman–Crippen LogP) is 6.19. The lowest BCUT2D eigenvalue weighted by Crippen LogP contribution is -2.02. The van der Waals surface area contributed by atoms with Gasteiger partial charge in [-0.2, -0.15) is 0 Å². The summed E-state index contributed by atoms with van der Waals surface area (Å²) in [5.74, 6) is 0.876. The number of nitrogens with zero attached hydrogens (tertiary/aromatic N) is 2. The number of rotatable bonds is 12. The summed E-state index contributed by atoms with van der Waals surface area (Å²) in [7, 11) is 0. The molecule has 0 aromatic heterocycles. The van der Waals surface area contributed by atoms with Gasteiger partial charge in [-0.25, -0.2) is 0 Å². The smallest absolute Gasteiger partial charge is 0.317 e. The number of hydrogen-bond donors (Lipinski definition) is 0. The summed E-state index contributed by atoms with van der Waals surface area (Å²) in [4.78, 5) is 20.5. The molecule has 0 atom stereocenters. The molecule has 0 unspecified atom stereocenters. The largest absolute Gasteiger partial charge is 0.494 e. The minimum Gasteiger partial charge on any atom is -0.494 e. The van der Waals surface area contributed by atoms with Crippen molar-refractivity contribution in [3.8, 4) is 22.6 Å². The first-order valence-electron chi connectivity index (χ1n) is 10.4. The fraction of sp³-hybridized carbons (Fsp3) is 0.250. The minimum absolute atomic E-state index is 0.0443. The van der Waals surface area contributed by atoms with Gasteiger partial charge in [0.25, 0.3) is 5.69 Å². The van der Waals surface area contributed by atoms with Crippen molar-refractivity contribution in [2.75, 3.05) is 13.2 Å². The molecule has 0 aliphatic rings. The van der Waals surface area contributed by atoms with Crippen LogP contribution in [0.3, 0.4) is 0 Å². The van der Waals surface area contributed by atoms with Crippen molar-refractivity contribution in [1.29, 1.82) is 0 Å². The maximum absolute atomic E-state index is 11.1. The van der Waals surface area contributed by atoms with Crippen molar-refractivity contribution in [2.24, 2.45) is 0 Å². The number of ether oxygens (including phenoxy) is 2. The van der Waals surface area contributed by atoms with E-state index in [1.54, 1.807) is 0 Å². The molecule has 0 aliphatic heterocycles. The fourth-order valence-electron chi connectivity index (χ4n) is 3.19. The van der Waals surface area contributed by atoms with Gasteiger partial charge in [0, 0.05) is 6.07 Å². The van der Waals surface area contributed by atoms with E-state index in [2.05, 4.69) is 12.1 Å². The topological polar surface area (TPSA) is 105 Å². The molecule has 32 heavy (non-hydrogen) atoms. The van der Waals surface area contributed by atoms with Crippen LogP contribution in [0.2, 0.25) is 0 Å². The number of unbranched alkanes of at least 4 members (excludes halogenated alkanes) is 3. The third kappa shape index (κ3) is 6.53. The molecule has 0 amide bonds. The van der Waals surface area contributed by atoms with E-state index in [1.807, 2.05) is 42.5 Å². The molecule has 8 heteroatoms. The molecule has 0 N–H and O–H groups in total. The molecule has 0 saturated carbocycles. The van der Waals surface area contributed by atoms with Gasteiger partial charge in [-0.15, -0.1) is 0 Å². The van der Waals surface area contributed by atoms with E-state index in [1.165, 1.54) is 17.7 Å². The van der Waals surface area contributed by atoms with Crippen LogP contribution in [0.15, 0.2) is 72.8 Å². The molecule has 0 saturated heterocycles. The first-order valence-corrected chi connectivity index (χ1v) is 10.4. The Labute approximate surface area is 185 Å². The predicted molar refractivity (Wildman–Crippen MR) is 121 cm³/mol. The van der Waals surface area contributed by atoms with Crippen LogP contribution in [0.4, 0.5) is 11.4 Å². The first-order chi connectivity index (χ1) is 15.5. The molecule has 0 radical (unpaired) electrons.